The third-order valence-corrected chi connectivity index (χ3v) is 2.85. The van der Waals surface area contributed by atoms with Crippen molar-refractivity contribution in [1.82, 2.24) is 9.97 Å². The van der Waals surface area contributed by atoms with Crippen LogP contribution in [0.1, 0.15) is 11.3 Å². The Morgan fingerprint density at radius 1 is 1.35 bits per heavy atom. The van der Waals surface area contributed by atoms with Gasteiger partial charge in [-0.1, -0.05) is 11.6 Å². The van der Waals surface area contributed by atoms with Gasteiger partial charge in [-0.25, -0.2) is 4.98 Å². The van der Waals surface area contributed by atoms with E-state index in [-0.39, 0.29) is 0 Å². The van der Waals surface area contributed by atoms with E-state index in [1.54, 1.807) is 18.3 Å². The Morgan fingerprint density at radius 3 is 2.88 bits per heavy atom. The van der Waals surface area contributed by atoms with Crippen LogP contribution in [0.5, 0.6) is 11.6 Å². The summed E-state index contributed by atoms with van der Waals surface area (Å²) in [5, 5.41) is 0.537. The molecule has 0 aliphatic rings. The normalized spacial score (nSPS) is 10.3. The first-order valence-electron chi connectivity index (χ1n) is 5.00. The number of aryl methyl sites for hydroxylation is 1. The highest BCUT2D eigenvalue weighted by atomic mass is 35.5. The van der Waals surface area contributed by atoms with Gasteiger partial charge in [0.05, 0.1) is 10.7 Å². The Hall–Kier alpha value is -1.32. The molecule has 0 aliphatic carbocycles. The molecule has 88 valence electrons. The zero-order valence-corrected chi connectivity index (χ0v) is 10.7. The fourth-order valence-electron chi connectivity index (χ4n) is 1.31. The molecular formula is C12H10Cl2N2O. The first kappa shape index (κ1) is 12.1. The fourth-order valence-corrected chi connectivity index (χ4v) is 1.77. The van der Waals surface area contributed by atoms with Crippen LogP contribution < -0.4 is 4.74 Å². The van der Waals surface area contributed by atoms with Gasteiger partial charge in [0.25, 0.3) is 0 Å². The van der Waals surface area contributed by atoms with Crippen molar-refractivity contribution in [3.63, 3.8) is 0 Å². The van der Waals surface area contributed by atoms with Crippen LogP contribution in [0.2, 0.25) is 5.02 Å². The molecule has 2 heterocycles. The fraction of sp³-hybridized carbons (Fsp3) is 0.167. The standard InChI is InChI=1S/C12H10Cl2N2O/c1-8-11(3-2-4-15-8)17-12-5-9(6-13)10(14)7-16-12/h2-5,7H,6H2,1H3. The lowest BCUT2D eigenvalue weighted by Crippen LogP contribution is -1.93. The van der Waals surface area contributed by atoms with E-state index in [2.05, 4.69) is 9.97 Å². The van der Waals surface area contributed by atoms with Gasteiger partial charge in [0, 0.05) is 24.3 Å². The molecule has 2 rings (SSSR count). The van der Waals surface area contributed by atoms with Gasteiger partial charge < -0.3 is 4.74 Å². The van der Waals surface area contributed by atoms with Crippen molar-refractivity contribution in [3.8, 4) is 11.6 Å². The summed E-state index contributed by atoms with van der Waals surface area (Å²) in [5.74, 6) is 1.45. The first-order chi connectivity index (χ1) is 8.20. The highest BCUT2D eigenvalue weighted by Gasteiger charge is 2.06. The van der Waals surface area contributed by atoms with Crippen molar-refractivity contribution >= 4 is 23.2 Å². The minimum absolute atomic E-state index is 0.323. The molecule has 3 nitrogen and oxygen atoms in total. The molecule has 0 unspecified atom stereocenters. The van der Waals surface area contributed by atoms with Crippen LogP contribution in [0.3, 0.4) is 0 Å². The monoisotopic (exact) mass is 268 g/mol. The molecule has 17 heavy (non-hydrogen) atoms. The smallest absolute Gasteiger partial charge is 0.219 e. The Labute approximate surface area is 109 Å². The third kappa shape index (κ3) is 2.87. The summed E-state index contributed by atoms with van der Waals surface area (Å²) in [6.07, 6.45) is 3.24. The second-order valence-electron chi connectivity index (χ2n) is 3.44. The number of alkyl halides is 1. The van der Waals surface area contributed by atoms with Gasteiger partial charge in [-0.2, -0.15) is 0 Å². The Balaban J connectivity index is 2.28. The molecule has 0 atom stereocenters. The highest BCUT2D eigenvalue weighted by Crippen LogP contribution is 2.25. The number of aromatic nitrogens is 2. The van der Waals surface area contributed by atoms with Crippen molar-refractivity contribution in [2.24, 2.45) is 0 Å². The molecule has 0 bridgehead atoms. The largest absolute Gasteiger partial charge is 0.437 e. The van der Waals surface area contributed by atoms with E-state index in [1.165, 1.54) is 6.20 Å². The van der Waals surface area contributed by atoms with Crippen LogP contribution >= 0.6 is 23.2 Å². The minimum Gasteiger partial charge on any atom is -0.437 e. The van der Waals surface area contributed by atoms with Crippen LogP contribution in [-0.4, -0.2) is 9.97 Å². The van der Waals surface area contributed by atoms with Gasteiger partial charge in [0.1, 0.15) is 0 Å². The number of nitrogens with zero attached hydrogens (tertiary/aromatic N) is 2. The molecule has 0 fully saturated rings. The lowest BCUT2D eigenvalue weighted by molar-refractivity contribution is 0.456. The van der Waals surface area contributed by atoms with Crippen LogP contribution in [-0.2, 0) is 5.88 Å². The van der Waals surface area contributed by atoms with Crippen molar-refractivity contribution in [1.29, 1.82) is 0 Å². The van der Waals surface area contributed by atoms with Crippen LogP contribution in [0.25, 0.3) is 0 Å². The predicted octanol–water partition coefficient (Wildman–Crippen LogP) is 3.97. The maximum absolute atomic E-state index is 5.92. The zero-order valence-electron chi connectivity index (χ0n) is 9.15. The average Bonchev–Trinajstić information content (AvgIpc) is 2.34. The summed E-state index contributed by atoms with van der Waals surface area (Å²) < 4.78 is 5.62. The van der Waals surface area contributed by atoms with E-state index in [9.17, 15) is 0 Å². The number of hydrogen-bond donors (Lipinski definition) is 0. The van der Waals surface area contributed by atoms with Crippen LogP contribution in [0.15, 0.2) is 30.6 Å². The predicted molar refractivity (Wildman–Crippen MR) is 67.9 cm³/mol. The molecule has 2 aromatic rings. The number of rotatable bonds is 3. The topological polar surface area (TPSA) is 35.0 Å². The summed E-state index contributed by atoms with van der Waals surface area (Å²) in [7, 11) is 0. The summed E-state index contributed by atoms with van der Waals surface area (Å²) in [6, 6.07) is 5.36. The molecule has 2 aromatic heterocycles. The molecule has 0 saturated carbocycles. The SMILES string of the molecule is Cc1ncccc1Oc1cc(CCl)c(Cl)cn1. The summed E-state index contributed by atoms with van der Waals surface area (Å²) >= 11 is 11.7. The quantitative estimate of drug-likeness (QED) is 0.791. The summed E-state index contributed by atoms with van der Waals surface area (Å²) in [6.45, 7) is 1.87. The average molecular weight is 269 g/mol. The van der Waals surface area contributed by atoms with Gasteiger partial charge >= 0.3 is 0 Å². The van der Waals surface area contributed by atoms with Gasteiger partial charge in [-0.3, -0.25) is 4.98 Å². The van der Waals surface area contributed by atoms with Gasteiger partial charge in [0.2, 0.25) is 5.88 Å². The van der Waals surface area contributed by atoms with Crippen LogP contribution in [0, 0.1) is 6.92 Å². The lowest BCUT2D eigenvalue weighted by Gasteiger charge is -2.08. The van der Waals surface area contributed by atoms with E-state index in [1.807, 2.05) is 13.0 Å². The number of halogens is 2. The van der Waals surface area contributed by atoms with Crippen molar-refractivity contribution in [2.45, 2.75) is 12.8 Å². The Kier molecular flexibility index (Phi) is 3.82. The van der Waals surface area contributed by atoms with Crippen molar-refractivity contribution in [2.75, 3.05) is 0 Å². The first-order valence-corrected chi connectivity index (χ1v) is 5.92. The Morgan fingerprint density at radius 2 is 2.18 bits per heavy atom. The lowest BCUT2D eigenvalue weighted by atomic mass is 10.3. The maximum atomic E-state index is 5.92. The van der Waals surface area contributed by atoms with Gasteiger partial charge in [-0.05, 0) is 24.6 Å². The molecule has 0 amide bonds. The summed E-state index contributed by atoms with van der Waals surface area (Å²) in [5.41, 5.74) is 1.59. The zero-order chi connectivity index (χ0) is 12.3. The van der Waals surface area contributed by atoms with Crippen molar-refractivity contribution in [3.05, 3.63) is 46.9 Å². The van der Waals surface area contributed by atoms with E-state index in [4.69, 9.17) is 27.9 Å². The summed E-state index contributed by atoms with van der Waals surface area (Å²) in [4.78, 5) is 8.21. The molecule has 0 spiro atoms. The third-order valence-electron chi connectivity index (χ3n) is 2.23. The maximum Gasteiger partial charge on any atom is 0.219 e. The minimum atomic E-state index is 0.323. The van der Waals surface area contributed by atoms with Gasteiger partial charge in [-0.15, -0.1) is 11.6 Å². The van der Waals surface area contributed by atoms with E-state index < -0.39 is 0 Å². The molecule has 0 aliphatic heterocycles. The number of hydrogen-bond acceptors (Lipinski definition) is 3. The Bertz CT molecular complexity index is 532. The number of pyridine rings is 2. The molecule has 5 heteroatoms. The van der Waals surface area contributed by atoms with E-state index >= 15 is 0 Å². The van der Waals surface area contributed by atoms with Crippen molar-refractivity contribution < 1.29 is 4.74 Å². The van der Waals surface area contributed by atoms with Gasteiger partial charge in [0.15, 0.2) is 5.75 Å². The van der Waals surface area contributed by atoms with Crippen LogP contribution in [0.4, 0.5) is 0 Å². The molecule has 0 radical (unpaired) electrons. The second kappa shape index (κ2) is 5.34. The van der Waals surface area contributed by atoms with E-state index in [0.29, 0.717) is 22.5 Å². The number of ether oxygens (including phenoxy) is 1. The van der Waals surface area contributed by atoms with E-state index in [0.717, 1.165) is 11.3 Å². The molecule has 0 N–H and O–H groups in total. The molecular weight excluding hydrogens is 259 g/mol. The highest BCUT2D eigenvalue weighted by molar-refractivity contribution is 6.32. The molecule has 0 saturated heterocycles. The molecule has 0 aromatic carbocycles. The second-order valence-corrected chi connectivity index (χ2v) is 4.11.